The van der Waals surface area contributed by atoms with Crippen LogP contribution >= 0.6 is 0 Å². The molecule has 5 N–H and O–H groups in total. The van der Waals surface area contributed by atoms with Crippen LogP contribution < -0.4 is 17.0 Å². The number of sulfone groups is 1. The van der Waals surface area contributed by atoms with E-state index in [1.54, 1.807) is 0 Å². The van der Waals surface area contributed by atoms with Gasteiger partial charge in [0.2, 0.25) is 5.88 Å². The molecule has 0 aliphatic heterocycles. The number of rotatable bonds is 4. The van der Waals surface area contributed by atoms with Gasteiger partial charge in [-0.1, -0.05) is 0 Å². The minimum atomic E-state index is -3.87. The highest BCUT2D eigenvalue weighted by molar-refractivity contribution is 7.90. The fourth-order valence-corrected chi connectivity index (χ4v) is 2.95. The maximum Gasteiger partial charge on any atom is 0.272 e. The van der Waals surface area contributed by atoms with Crippen molar-refractivity contribution < 1.29 is 18.3 Å². The Bertz CT molecular complexity index is 690. The molecule has 1 heterocycles. The summed E-state index contributed by atoms with van der Waals surface area (Å²) in [5.41, 5.74) is 8.91. The quantitative estimate of drug-likeness (QED) is 0.603. The summed E-state index contributed by atoms with van der Waals surface area (Å²) in [4.78, 5) is 22.8. The van der Waals surface area contributed by atoms with Crippen molar-refractivity contribution in [2.45, 2.75) is 18.4 Å². The fraction of sp³-hybridized carbons (Fsp3) is 0.400. The molecule has 1 aromatic heterocycles. The first kappa shape index (κ1) is 15.2. The summed E-state index contributed by atoms with van der Waals surface area (Å²) >= 11 is 0. The summed E-state index contributed by atoms with van der Waals surface area (Å²) in [6.45, 7) is 1.09. The van der Waals surface area contributed by atoms with Crippen LogP contribution in [0.15, 0.2) is 9.69 Å². The van der Waals surface area contributed by atoms with E-state index < -0.39 is 37.6 Å². The molecule has 106 valence electrons. The second-order valence-electron chi connectivity index (χ2n) is 4.03. The molecular weight excluding hydrogens is 274 g/mol. The van der Waals surface area contributed by atoms with E-state index in [2.05, 4.69) is 0 Å². The summed E-state index contributed by atoms with van der Waals surface area (Å²) in [7, 11) is -3.87. The first-order valence-corrected chi connectivity index (χ1v) is 7.18. The lowest BCUT2D eigenvalue weighted by Gasteiger charge is -2.15. The molecule has 1 rings (SSSR count). The number of carbonyl (C=O) groups is 1. The molecule has 1 aromatic rings. The molecule has 0 unspecified atom stereocenters. The molecule has 9 heteroatoms. The van der Waals surface area contributed by atoms with E-state index in [4.69, 9.17) is 11.5 Å². The number of nitrogens with two attached hydrogens (primary N) is 2. The van der Waals surface area contributed by atoms with E-state index in [-0.39, 0.29) is 18.7 Å². The predicted octanol–water partition coefficient (Wildman–Crippen LogP) is -1.68. The largest absolute Gasteiger partial charge is 0.494 e. The Balaban J connectivity index is 3.97. The van der Waals surface area contributed by atoms with Gasteiger partial charge in [-0.3, -0.25) is 14.2 Å². The fourth-order valence-electron chi connectivity index (χ4n) is 1.86. The summed E-state index contributed by atoms with van der Waals surface area (Å²) in [6, 6.07) is 0. The Morgan fingerprint density at radius 2 is 1.95 bits per heavy atom. The third kappa shape index (κ3) is 2.61. The molecule has 0 atom stereocenters. The topological polar surface area (TPSA) is 145 Å². The van der Waals surface area contributed by atoms with Crippen LogP contribution in [0.2, 0.25) is 0 Å². The summed E-state index contributed by atoms with van der Waals surface area (Å²) in [5.74, 6) is -1.70. The second-order valence-corrected chi connectivity index (χ2v) is 5.99. The molecule has 0 saturated heterocycles. The van der Waals surface area contributed by atoms with Crippen molar-refractivity contribution in [3.05, 3.63) is 21.5 Å². The number of primary amides is 1. The normalized spacial score (nSPS) is 11.5. The monoisotopic (exact) mass is 289 g/mol. The highest BCUT2D eigenvalue weighted by Gasteiger charge is 2.27. The first-order chi connectivity index (χ1) is 8.62. The number of hydrogen-bond acceptors (Lipinski definition) is 6. The van der Waals surface area contributed by atoms with Gasteiger partial charge < -0.3 is 16.6 Å². The van der Waals surface area contributed by atoms with Crippen LogP contribution in [0.4, 0.5) is 0 Å². The smallest absolute Gasteiger partial charge is 0.272 e. The summed E-state index contributed by atoms with van der Waals surface area (Å²) < 4.78 is 24.0. The van der Waals surface area contributed by atoms with Gasteiger partial charge in [0.1, 0.15) is 10.5 Å². The maximum atomic E-state index is 12.0. The first-order valence-electron chi connectivity index (χ1n) is 5.29. The summed E-state index contributed by atoms with van der Waals surface area (Å²) in [6.07, 6.45) is 0.839. The van der Waals surface area contributed by atoms with Crippen molar-refractivity contribution in [1.82, 2.24) is 4.57 Å². The molecule has 19 heavy (non-hydrogen) atoms. The van der Waals surface area contributed by atoms with E-state index in [9.17, 15) is 23.1 Å². The van der Waals surface area contributed by atoms with E-state index >= 15 is 0 Å². The predicted molar refractivity (Wildman–Crippen MR) is 67.8 cm³/mol. The number of nitrogens with zero attached hydrogens (tertiary/aromatic N) is 1. The SMILES string of the molecule is Cc1c(C(N)=O)c(O)n(CCN)c(=O)c1S(C)(=O)=O. The number of pyridine rings is 1. The zero-order valence-electron chi connectivity index (χ0n) is 10.5. The van der Waals surface area contributed by atoms with Crippen LogP contribution in [0.3, 0.4) is 0 Å². The van der Waals surface area contributed by atoms with Crippen molar-refractivity contribution >= 4 is 15.7 Å². The second kappa shape index (κ2) is 5.02. The Morgan fingerprint density at radius 3 is 2.32 bits per heavy atom. The molecule has 0 aliphatic carbocycles. The average Bonchev–Trinajstić information content (AvgIpc) is 2.21. The van der Waals surface area contributed by atoms with Gasteiger partial charge in [0, 0.05) is 19.3 Å². The summed E-state index contributed by atoms with van der Waals surface area (Å²) in [5, 5.41) is 9.85. The van der Waals surface area contributed by atoms with Gasteiger partial charge in [0.25, 0.3) is 11.5 Å². The molecule has 0 spiro atoms. The van der Waals surface area contributed by atoms with Gasteiger partial charge >= 0.3 is 0 Å². The van der Waals surface area contributed by atoms with Crippen molar-refractivity contribution in [2.75, 3.05) is 12.8 Å². The van der Waals surface area contributed by atoms with Crippen molar-refractivity contribution in [2.24, 2.45) is 11.5 Å². The van der Waals surface area contributed by atoms with Crippen LogP contribution in [-0.2, 0) is 16.4 Å². The van der Waals surface area contributed by atoms with Gasteiger partial charge in [-0.2, -0.15) is 0 Å². The van der Waals surface area contributed by atoms with Crippen molar-refractivity contribution in [3.63, 3.8) is 0 Å². The molecule has 0 saturated carbocycles. The van der Waals surface area contributed by atoms with Gasteiger partial charge in [-0.15, -0.1) is 0 Å². The van der Waals surface area contributed by atoms with E-state index in [1.165, 1.54) is 6.92 Å². The van der Waals surface area contributed by atoms with E-state index in [1.807, 2.05) is 0 Å². The zero-order chi connectivity index (χ0) is 15.0. The highest BCUT2D eigenvalue weighted by Crippen LogP contribution is 2.23. The standard InChI is InChI=1S/C10H15N3O5S/c1-5-6(8(12)14)9(15)13(4-3-11)10(16)7(5)19(2,17)18/h15H,3-4,11H2,1-2H3,(H2,12,14). The highest BCUT2D eigenvalue weighted by atomic mass is 32.2. The van der Waals surface area contributed by atoms with Crippen LogP contribution in [0.1, 0.15) is 15.9 Å². The van der Waals surface area contributed by atoms with Gasteiger partial charge in [0.05, 0.1) is 0 Å². The average molecular weight is 289 g/mol. The molecule has 0 aromatic carbocycles. The maximum absolute atomic E-state index is 12.0. The Hall–Kier alpha value is -1.87. The lowest BCUT2D eigenvalue weighted by Crippen LogP contribution is -2.32. The number of aromatic hydroxyl groups is 1. The number of aromatic nitrogens is 1. The Labute approximate surface area is 109 Å². The van der Waals surface area contributed by atoms with Gasteiger partial charge in [-0.25, -0.2) is 8.42 Å². The van der Waals surface area contributed by atoms with E-state index in [0.29, 0.717) is 0 Å². The molecule has 8 nitrogen and oxygen atoms in total. The molecule has 0 radical (unpaired) electrons. The van der Waals surface area contributed by atoms with E-state index in [0.717, 1.165) is 10.8 Å². The third-order valence-corrected chi connectivity index (χ3v) is 3.83. The van der Waals surface area contributed by atoms with Crippen molar-refractivity contribution in [1.29, 1.82) is 0 Å². The van der Waals surface area contributed by atoms with Crippen LogP contribution in [-0.4, -0.2) is 36.8 Å². The molecule has 0 bridgehead atoms. The third-order valence-electron chi connectivity index (χ3n) is 2.60. The minimum Gasteiger partial charge on any atom is -0.494 e. The molecular formula is C10H15N3O5S. The molecule has 0 fully saturated rings. The minimum absolute atomic E-state index is 0.0159. The lowest BCUT2D eigenvalue weighted by atomic mass is 10.1. The number of amides is 1. The number of hydrogen-bond donors (Lipinski definition) is 3. The number of carbonyl (C=O) groups excluding carboxylic acids is 1. The van der Waals surface area contributed by atoms with Crippen LogP contribution in [0.5, 0.6) is 5.88 Å². The van der Waals surface area contributed by atoms with Crippen molar-refractivity contribution in [3.8, 4) is 5.88 Å². The lowest BCUT2D eigenvalue weighted by molar-refractivity contribution is 0.0995. The zero-order valence-corrected chi connectivity index (χ0v) is 11.3. The van der Waals surface area contributed by atoms with Crippen LogP contribution in [0.25, 0.3) is 0 Å². The Morgan fingerprint density at radius 1 is 1.42 bits per heavy atom. The Kier molecular flexibility index (Phi) is 4.01. The van der Waals surface area contributed by atoms with Gasteiger partial charge in [-0.05, 0) is 12.5 Å². The van der Waals surface area contributed by atoms with Gasteiger partial charge in [0.15, 0.2) is 9.84 Å². The van der Waals surface area contributed by atoms with Crippen LogP contribution in [0, 0.1) is 6.92 Å². The molecule has 0 aliphatic rings. The molecule has 1 amide bonds.